The Morgan fingerprint density at radius 1 is 1.35 bits per heavy atom. The minimum atomic E-state index is -3.56. The summed E-state index contributed by atoms with van der Waals surface area (Å²) in [6.07, 6.45) is 4.64. The highest BCUT2D eigenvalue weighted by atomic mass is 32.2. The number of nitrogen functional groups attached to an aromatic ring is 1. The topological polar surface area (TPSA) is 92.4 Å². The maximum atomic E-state index is 12.2. The van der Waals surface area contributed by atoms with Gasteiger partial charge in [0.15, 0.2) is 0 Å². The zero-order chi connectivity index (χ0) is 14.8. The van der Waals surface area contributed by atoms with E-state index in [1.165, 1.54) is 37.5 Å². The fourth-order valence-corrected chi connectivity index (χ4v) is 3.83. The summed E-state index contributed by atoms with van der Waals surface area (Å²) in [6, 6.07) is 3.94. The highest BCUT2D eigenvalue weighted by molar-refractivity contribution is 7.89. The molecule has 2 atom stereocenters. The van der Waals surface area contributed by atoms with Crippen LogP contribution in [0, 0.1) is 11.8 Å². The van der Waals surface area contributed by atoms with E-state index in [4.69, 9.17) is 5.73 Å². The number of benzene rings is 1. The summed E-state index contributed by atoms with van der Waals surface area (Å²) >= 11 is 0. The first kappa shape index (κ1) is 15.1. The minimum absolute atomic E-state index is 0.0684. The van der Waals surface area contributed by atoms with Gasteiger partial charge >= 0.3 is 0 Å². The minimum Gasteiger partial charge on any atom is -0.506 e. The van der Waals surface area contributed by atoms with Crippen molar-refractivity contribution in [3.05, 3.63) is 18.2 Å². The van der Waals surface area contributed by atoms with Gasteiger partial charge < -0.3 is 10.8 Å². The second-order valence-electron chi connectivity index (χ2n) is 5.59. The van der Waals surface area contributed by atoms with Crippen LogP contribution in [0.25, 0.3) is 0 Å². The van der Waals surface area contributed by atoms with Gasteiger partial charge in [0.05, 0.1) is 10.6 Å². The number of anilines is 1. The Hall–Kier alpha value is -1.27. The van der Waals surface area contributed by atoms with Crippen LogP contribution in [0.1, 0.15) is 32.6 Å². The lowest BCUT2D eigenvalue weighted by Gasteiger charge is -2.28. The van der Waals surface area contributed by atoms with Gasteiger partial charge in [-0.3, -0.25) is 0 Å². The van der Waals surface area contributed by atoms with Crippen LogP contribution < -0.4 is 10.5 Å². The van der Waals surface area contributed by atoms with E-state index in [0.717, 1.165) is 6.42 Å². The Kier molecular flexibility index (Phi) is 4.55. The highest BCUT2D eigenvalue weighted by Crippen LogP contribution is 2.29. The number of hydrogen-bond acceptors (Lipinski definition) is 4. The zero-order valence-electron chi connectivity index (χ0n) is 11.7. The van der Waals surface area contributed by atoms with Crippen molar-refractivity contribution in [2.45, 2.75) is 37.5 Å². The zero-order valence-corrected chi connectivity index (χ0v) is 12.5. The van der Waals surface area contributed by atoms with Crippen LogP contribution in [-0.4, -0.2) is 20.1 Å². The molecule has 4 N–H and O–H groups in total. The molecule has 1 aliphatic rings. The predicted octanol–water partition coefficient (Wildman–Crippen LogP) is 2.08. The molecule has 0 spiro atoms. The van der Waals surface area contributed by atoms with E-state index in [0.29, 0.717) is 18.4 Å². The molecule has 0 saturated heterocycles. The van der Waals surface area contributed by atoms with Crippen LogP contribution in [0.4, 0.5) is 5.69 Å². The van der Waals surface area contributed by atoms with Crippen molar-refractivity contribution in [2.24, 2.45) is 11.8 Å². The summed E-state index contributed by atoms with van der Waals surface area (Å²) in [5.74, 6) is 0.842. The summed E-state index contributed by atoms with van der Waals surface area (Å²) in [5, 5.41) is 9.34. The van der Waals surface area contributed by atoms with E-state index >= 15 is 0 Å². The van der Waals surface area contributed by atoms with Crippen molar-refractivity contribution in [2.75, 3.05) is 12.3 Å². The van der Waals surface area contributed by atoms with Crippen molar-refractivity contribution in [3.8, 4) is 5.75 Å². The van der Waals surface area contributed by atoms with Gasteiger partial charge in [-0.1, -0.05) is 26.2 Å². The van der Waals surface area contributed by atoms with E-state index in [9.17, 15) is 13.5 Å². The quantitative estimate of drug-likeness (QED) is 0.586. The summed E-state index contributed by atoms with van der Waals surface area (Å²) in [5.41, 5.74) is 5.60. The summed E-state index contributed by atoms with van der Waals surface area (Å²) < 4.78 is 27.1. The Balaban J connectivity index is 2.05. The summed E-state index contributed by atoms with van der Waals surface area (Å²) in [6.45, 7) is 2.64. The molecular formula is C14H22N2O3S. The molecule has 1 aromatic rings. The highest BCUT2D eigenvalue weighted by Gasteiger charge is 2.24. The predicted molar refractivity (Wildman–Crippen MR) is 78.8 cm³/mol. The monoisotopic (exact) mass is 298 g/mol. The Morgan fingerprint density at radius 2 is 2.05 bits per heavy atom. The third kappa shape index (κ3) is 3.43. The van der Waals surface area contributed by atoms with Gasteiger partial charge in [-0.15, -0.1) is 0 Å². The molecule has 2 rings (SSSR count). The van der Waals surface area contributed by atoms with Gasteiger partial charge in [-0.25, -0.2) is 13.1 Å². The van der Waals surface area contributed by atoms with Gasteiger partial charge in [-0.05, 0) is 36.5 Å². The molecule has 0 bridgehead atoms. The number of sulfonamides is 1. The first-order chi connectivity index (χ1) is 9.40. The van der Waals surface area contributed by atoms with Crippen LogP contribution >= 0.6 is 0 Å². The third-order valence-electron chi connectivity index (χ3n) is 4.13. The summed E-state index contributed by atoms with van der Waals surface area (Å²) in [7, 11) is -3.56. The SMILES string of the molecule is CC1CCCCC1CNS(=O)(=O)c1ccc(O)c(N)c1. The number of phenolic OH excluding ortho intramolecular Hbond substituents is 1. The van der Waals surface area contributed by atoms with Gasteiger partial charge in [0.1, 0.15) is 5.75 Å². The first-order valence-electron chi connectivity index (χ1n) is 6.98. The normalized spacial score (nSPS) is 23.6. The lowest BCUT2D eigenvalue weighted by Crippen LogP contribution is -2.33. The molecule has 6 heteroatoms. The van der Waals surface area contributed by atoms with Crippen molar-refractivity contribution in [3.63, 3.8) is 0 Å². The lowest BCUT2D eigenvalue weighted by molar-refractivity contribution is 0.257. The molecule has 1 fully saturated rings. The maximum Gasteiger partial charge on any atom is 0.240 e. The molecule has 112 valence electrons. The number of rotatable bonds is 4. The van der Waals surface area contributed by atoms with Gasteiger partial charge in [0.2, 0.25) is 10.0 Å². The Morgan fingerprint density at radius 3 is 2.70 bits per heavy atom. The molecule has 20 heavy (non-hydrogen) atoms. The molecule has 0 radical (unpaired) electrons. The first-order valence-corrected chi connectivity index (χ1v) is 8.46. The largest absolute Gasteiger partial charge is 0.506 e. The molecule has 0 heterocycles. The number of phenols is 1. The molecule has 2 unspecified atom stereocenters. The molecule has 1 aromatic carbocycles. The van der Waals surface area contributed by atoms with Crippen molar-refractivity contribution in [1.82, 2.24) is 4.72 Å². The maximum absolute atomic E-state index is 12.2. The van der Waals surface area contributed by atoms with Gasteiger partial charge in [-0.2, -0.15) is 0 Å². The average Bonchev–Trinajstić information content (AvgIpc) is 2.41. The van der Waals surface area contributed by atoms with E-state index in [1.54, 1.807) is 0 Å². The summed E-state index contributed by atoms with van der Waals surface area (Å²) in [4.78, 5) is 0.0938. The van der Waals surface area contributed by atoms with E-state index in [2.05, 4.69) is 11.6 Å². The molecule has 0 amide bonds. The van der Waals surface area contributed by atoms with Crippen LogP contribution in [0.2, 0.25) is 0 Å². The average molecular weight is 298 g/mol. The fourth-order valence-electron chi connectivity index (χ4n) is 2.70. The van der Waals surface area contributed by atoms with Crippen LogP contribution in [0.5, 0.6) is 5.75 Å². The third-order valence-corrected chi connectivity index (χ3v) is 5.56. The Bertz CT molecular complexity index is 572. The standard InChI is InChI=1S/C14H22N2O3S/c1-10-4-2-3-5-11(10)9-16-20(18,19)12-6-7-14(17)13(15)8-12/h6-8,10-11,16-17H,2-5,9,15H2,1H3. The second kappa shape index (κ2) is 6.01. The number of nitrogens with one attached hydrogen (secondary N) is 1. The number of aromatic hydroxyl groups is 1. The molecule has 1 saturated carbocycles. The van der Waals surface area contributed by atoms with Crippen molar-refractivity contribution < 1.29 is 13.5 Å². The molecular weight excluding hydrogens is 276 g/mol. The number of hydrogen-bond donors (Lipinski definition) is 3. The van der Waals surface area contributed by atoms with Crippen LogP contribution in [0.3, 0.4) is 0 Å². The van der Waals surface area contributed by atoms with Crippen LogP contribution in [0.15, 0.2) is 23.1 Å². The van der Waals surface area contributed by atoms with Gasteiger partial charge in [0, 0.05) is 6.54 Å². The van der Waals surface area contributed by atoms with Crippen LogP contribution in [-0.2, 0) is 10.0 Å². The van der Waals surface area contributed by atoms with E-state index in [-0.39, 0.29) is 16.3 Å². The molecule has 1 aliphatic carbocycles. The van der Waals surface area contributed by atoms with Crippen molar-refractivity contribution in [1.29, 1.82) is 0 Å². The van der Waals surface area contributed by atoms with E-state index in [1.807, 2.05) is 0 Å². The van der Waals surface area contributed by atoms with Crippen molar-refractivity contribution >= 4 is 15.7 Å². The number of nitrogens with two attached hydrogens (primary N) is 1. The van der Waals surface area contributed by atoms with E-state index < -0.39 is 10.0 Å². The fraction of sp³-hybridized carbons (Fsp3) is 0.571. The Labute approximate surface area is 120 Å². The molecule has 5 nitrogen and oxygen atoms in total. The lowest BCUT2D eigenvalue weighted by atomic mass is 9.81. The smallest absolute Gasteiger partial charge is 0.240 e. The second-order valence-corrected chi connectivity index (χ2v) is 7.36. The van der Waals surface area contributed by atoms with Gasteiger partial charge in [0.25, 0.3) is 0 Å². The molecule has 0 aliphatic heterocycles. The molecule has 0 aromatic heterocycles.